The van der Waals surface area contributed by atoms with Crippen LogP contribution in [-0.2, 0) is 0 Å². The van der Waals surface area contributed by atoms with Crippen LogP contribution in [0.15, 0.2) is 65.1 Å². The van der Waals surface area contributed by atoms with Crippen LogP contribution in [-0.4, -0.2) is 15.9 Å². The molecule has 2 N–H and O–H groups in total. The number of thiocarbonyl (C=S) groups is 1. The minimum Gasteiger partial charge on any atom is -0.451 e. The smallest absolute Gasteiger partial charge is 0.293 e. The van der Waals surface area contributed by atoms with Gasteiger partial charge >= 0.3 is 0 Å². The van der Waals surface area contributed by atoms with Crippen molar-refractivity contribution in [1.82, 2.24) is 5.32 Å². The fraction of sp³-hybridized carbons (Fsp3) is 0.182. The van der Waals surface area contributed by atoms with E-state index in [1.807, 2.05) is 24.3 Å². The van der Waals surface area contributed by atoms with Crippen LogP contribution in [0.1, 0.15) is 42.3 Å². The molecular weight excluding hydrogens is 402 g/mol. The molecule has 3 rings (SSSR count). The Bertz CT molecular complexity index is 1090. The van der Waals surface area contributed by atoms with E-state index in [-0.39, 0.29) is 22.3 Å². The Labute approximate surface area is 179 Å². The Morgan fingerprint density at radius 1 is 1.13 bits per heavy atom. The first-order chi connectivity index (χ1) is 14.4. The monoisotopic (exact) mass is 423 g/mol. The maximum atomic E-state index is 12.5. The summed E-state index contributed by atoms with van der Waals surface area (Å²) in [7, 11) is 0. The van der Waals surface area contributed by atoms with Gasteiger partial charge in [0.15, 0.2) is 10.9 Å². The lowest BCUT2D eigenvalue weighted by molar-refractivity contribution is -0.384. The zero-order chi connectivity index (χ0) is 21.7. The Morgan fingerprint density at radius 2 is 1.83 bits per heavy atom. The molecule has 1 heterocycles. The highest BCUT2D eigenvalue weighted by Gasteiger charge is 2.20. The van der Waals surface area contributed by atoms with Crippen LogP contribution >= 0.6 is 12.2 Å². The molecule has 1 atom stereocenters. The van der Waals surface area contributed by atoms with E-state index in [0.717, 1.165) is 17.7 Å². The van der Waals surface area contributed by atoms with Gasteiger partial charge in [0.2, 0.25) is 0 Å². The van der Waals surface area contributed by atoms with Gasteiger partial charge in [-0.2, -0.15) is 0 Å². The van der Waals surface area contributed by atoms with Crippen molar-refractivity contribution >= 4 is 34.6 Å². The number of benzene rings is 2. The van der Waals surface area contributed by atoms with Gasteiger partial charge in [-0.15, -0.1) is 0 Å². The molecule has 0 radical (unpaired) electrons. The quantitative estimate of drug-likeness (QED) is 0.309. The molecule has 2 aromatic carbocycles. The van der Waals surface area contributed by atoms with E-state index in [4.69, 9.17) is 16.6 Å². The molecule has 0 aliphatic carbocycles. The summed E-state index contributed by atoms with van der Waals surface area (Å²) in [5.74, 6) is 0.0239. The Morgan fingerprint density at radius 3 is 2.57 bits per heavy atom. The standard InChI is InChI=1S/C22H21N3O4S/c1-3-14(2)15-8-4-6-10-17(15)23-22(30)24-21(26)20-13-12-19(29-20)16-9-5-7-11-18(16)25(27)28/h4-14H,3H2,1-2H3,(H2,23,24,26,30). The molecule has 3 aromatic rings. The van der Waals surface area contributed by atoms with Crippen LogP contribution in [0.3, 0.4) is 0 Å². The lowest BCUT2D eigenvalue weighted by atomic mass is 9.97. The number of rotatable bonds is 6. The van der Waals surface area contributed by atoms with Crippen LogP contribution in [0.25, 0.3) is 11.3 Å². The molecule has 30 heavy (non-hydrogen) atoms. The van der Waals surface area contributed by atoms with Gasteiger partial charge in [-0.3, -0.25) is 20.2 Å². The molecule has 7 nitrogen and oxygen atoms in total. The van der Waals surface area contributed by atoms with Crippen molar-refractivity contribution in [2.45, 2.75) is 26.2 Å². The average Bonchev–Trinajstić information content (AvgIpc) is 3.24. The Balaban J connectivity index is 1.73. The molecule has 154 valence electrons. The second-order valence-corrected chi connectivity index (χ2v) is 7.15. The van der Waals surface area contributed by atoms with Crippen molar-refractivity contribution in [1.29, 1.82) is 0 Å². The molecule has 8 heteroatoms. The topological polar surface area (TPSA) is 97.4 Å². The molecule has 0 fully saturated rings. The number of hydrogen-bond acceptors (Lipinski definition) is 5. The molecule has 1 aromatic heterocycles. The van der Waals surface area contributed by atoms with Crippen LogP contribution in [0.5, 0.6) is 0 Å². The zero-order valence-electron chi connectivity index (χ0n) is 16.5. The molecule has 0 aliphatic rings. The highest BCUT2D eigenvalue weighted by Crippen LogP contribution is 2.31. The Kier molecular flexibility index (Phi) is 6.58. The number of carbonyl (C=O) groups is 1. The lowest BCUT2D eigenvalue weighted by Crippen LogP contribution is -2.34. The third-order valence-electron chi connectivity index (χ3n) is 4.78. The van der Waals surface area contributed by atoms with Crippen molar-refractivity contribution in [3.8, 4) is 11.3 Å². The number of nitro benzene ring substituents is 1. The average molecular weight is 423 g/mol. The van der Waals surface area contributed by atoms with Gasteiger partial charge in [0.1, 0.15) is 5.76 Å². The number of hydrogen-bond donors (Lipinski definition) is 2. The van der Waals surface area contributed by atoms with E-state index >= 15 is 0 Å². The first-order valence-corrected chi connectivity index (χ1v) is 9.86. The van der Waals surface area contributed by atoms with Gasteiger partial charge in [-0.05, 0) is 54.4 Å². The normalized spacial score (nSPS) is 11.5. The molecule has 0 saturated heterocycles. The molecule has 1 amide bonds. The second kappa shape index (κ2) is 9.32. The highest BCUT2D eigenvalue weighted by atomic mass is 32.1. The van der Waals surface area contributed by atoms with Gasteiger partial charge in [-0.25, -0.2) is 0 Å². The number of para-hydroxylation sites is 2. The van der Waals surface area contributed by atoms with Crippen LogP contribution in [0.4, 0.5) is 11.4 Å². The van der Waals surface area contributed by atoms with Gasteiger partial charge in [0.05, 0.1) is 10.5 Å². The van der Waals surface area contributed by atoms with Crippen LogP contribution in [0, 0.1) is 10.1 Å². The third-order valence-corrected chi connectivity index (χ3v) is 4.98. The fourth-order valence-electron chi connectivity index (χ4n) is 3.02. The SMILES string of the molecule is CCC(C)c1ccccc1NC(=S)NC(=O)c1ccc(-c2ccccc2[N+](=O)[O-])o1. The molecule has 1 unspecified atom stereocenters. The van der Waals surface area contributed by atoms with Gasteiger partial charge < -0.3 is 9.73 Å². The van der Waals surface area contributed by atoms with Crippen molar-refractivity contribution in [3.05, 3.63) is 82.1 Å². The lowest BCUT2D eigenvalue weighted by Gasteiger charge is -2.16. The summed E-state index contributed by atoms with van der Waals surface area (Å²) in [6.45, 7) is 4.22. The largest absolute Gasteiger partial charge is 0.451 e. The highest BCUT2D eigenvalue weighted by molar-refractivity contribution is 7.80. The zero-order valence-corrected chi connectivity index (χ0v) is 17.4. The number of amides is 1. The number of nitro groups is 1. The minimum atomic E-state index is -0.543. The van der Waals surface area contributed by atoms with Crippen molar-refractivity contribution in [3.63, 3.8) is 0 Å². The predicted molar refractivity (Wildman–Crippen MR) is 120 cm³/mol. The number of furan rings is 1. The first-order valence-electron chi connectivity index (χ1n) is 9.45. The van der Waals surface area contributed by atoms with Crippen LogP contribution in [0.2, 0.25) is 0 Å². The summed E-state index contributed by atoms with van der Waals surface area (Å²) in [4.78, 5) is 23.2. The molecule has 0 aliphatic heterocycles. The van der Waals surface area contributed by atoms with Gasteiger partial charge in [0, 0.05) is 11.8 Å². The summed E-state index contributed by atoms with van der Waals surface area (Å²) in [6.07, 6.45) is 0.971. The first kappa shape index (κ1) is 21.2. The van der Waals surface area contributed by atoms with E-state index in [1.54, 1.807) is 18.2 Å². The Hall–Kier alpha value is -3.52. The molecule has 0 spiro atoms. The second-order valence-electron chi connectivity index (χ2n) is 6.74. The summed E-state index contributed by atoms with van der Waals surface area (Å²) in [6, 6.07) is 16.9. The van der Waals surface area contributed by atoms with E-state index in [9.17, 15) is 14.9 Å². The molecular formula is C22H21N3O4S. The fourth-order valence-corrected chi connectivity index (χ4v) is 3.23. The number of nitrogens with one attached hydrogen (secondary N) is 2. The van der Waals surface area contributed by atoms with Crippen molar-refractivity contribution in [2.75, 3.05) is 5.32 Å². The maximum Gasteiger partial charge on any atom is 0.293 e. The third kappa shape index (κ3) is 4.72. The van der Waals surface area contributed by atoms with Crippen molar-refractivity contribution in [2.24, 2.45) is 0 Å². The van der Waals surface area contributed by atoms with E-state index in [0.29, 0.717) is 11.5 Å². The van der Waals surface area contributed by atoms with Gasteiger partial charge in [-0.1, -0.05) is 44.2 Å². The van der Waals surface area contributed by atoms with E-state index < -0.39 is 10.8 Å². The summed E-state index contributed by atoms with van der Waals surface area (Å²) in [5, 5.41) is 17.0. The maximum absolute atomic E-state index is 12.5. The summed E-state index contributed by atoms with van der Waals surface area (Å²) < 4.78 is 5.55. The molecule has 0 saturated carbocycles. The van der Waals surface area contributed by atoms with E-state index in [1.165, 1.54) is 18.2 Å². The van der Waals surface area contributed by atoms with Crippen LogP contribution < -0.4 is 10.6 Å². The summed E-state index contributed by atoms with van der Waals surface area (Å²) >= 11 is 5.28. The van der Waals surface area contributed by atoms with Crippen molar-refractivity contribution < 1.29 is 14.1 Å². The molecule has 0 bridgehead atoms. The number of carbonyl (C=O) groups excluding carboxylic acids is 1. The minimum absolute atomic E-state index is 0.00233. The number of anilines is 1. The van der Waals surface area contributed by atoms with E-state index in [2.05, 4.69) is 24.5 Å². The van der Waals surface area contributed by atoms with Gasteiger partial charge in [0.25, 0.3) is 11.6 Å². The predicted octanol–water partition coefficient (Wildman–Crippen LogP) is 5.50. The number of nitrogens with zero attached hydrogens (tertiary/aromatic N) is 1. The summed E-state index contributed by atoms with van der Waals surface area (Å²) in [5.41, 5.74) is 2.13.